The Hall–Kier alpha value is -2.40. The third kappa shape index (κ3) is 4.53. The molecule has 1 heterocycles. The van der Waals surface area contributed by atoms with Crippen molar-refractivity contribution in [3.05, 3.63) is 59.0 Å². The maximum atomic E-state index is 13.0. The lowest BCUT2D eigenvalue weighted by molar-refractivity contribution is 0.0599. The Morgan fingerprint density at radius 2 is 1.86 bits per heavy atom. The standard InChI is InChI=1S/C23H29NO4/c1-4-20(25)21-14-19(22(28-21)15(2)16-8-6-5-7-9-16)23(26)24-17-10-12-18(27-3)13-11-17/h5-9,14-15,17-18H,4,10-13H2,1-3H3,(H,24,26). The molecule has 28 heavy (non-hydrogen) atoms. The minimum absolute atomic E-state index is 0.0961. The van der Waals surface area contributed by atoms with Gasteiger partial charge in [0, 0.05) is 31.6 Å². The van der Waals surface area contributed by atoms with E-state index in [0.717, 1.165) is 31.2 Å². The molecule has 1 fully saturated rings. The molecule has 150 valence electrons. The minimum Gasteiger partial charge on any atom is -0.456 e. The van der Waals surface area contributed by atoms with Crippen molar-refractivity contribution in [2.75, 3.05) is 7.11 Å². The molecule has 1 amide bonds. The number of carbonyl (C=O) groups excluding carboxylic acids is 2. The number of Topliss-reactive ketones (excluding diaryl/α,β-unsaturated/α-hetero) is 1. The molecule has 1 unspecified atom stereocenters. The third-order valence-corrected chi connectivity index (χ3v) is 5.64. The largest absolute Gasteiger partial charge is 0.456 e. The lowest BCUT2D eigenvalue weighted by Gasteiger charge is -2.28. The highest BCUT2D eigenvalue weighted by molar-refractivity contribution is 6.00. The van der Waals surface area contributed by atoms with Crippen molar-refractivity contribution in [3.8, 4) is 0 Å². The Bertz CT molecular complexity index is 803. The van der Waals surface area contributed by atoms with Gasteiger partial charge in [0.05, 0.1) is 11.7 Å². The number of benzene rings is 1. The van der Waals surface area contributed by atoms with Gasteiger partial charge in [-0.3, -0.25) is 9.59 Å². The highest BCUT2D eigenvalue weighted by atomic mass is 16.5. The summed E-state index contributed by atoms with van der Waals surface area (Å²) < 4.78 is 11.3. The summed E-state index contributed by atoms with van der Waals surface area (Å²) >= 11 is 0. The number of carbonyl (C=O) groups is 2. The Morgan fingerprint density at radius 1 is 1.18 bits per heavy atom. The first kappa shape index (κ1) is 20.3. The number of hydrogen-bond acceptors (Lipinski definition) is 4. The van der Waals surface area contributed by atoms with E-state index in [-0.39, 0.29) is 35.5 Å². The summed E-state index contributed by atoms with van der Waals surface area (Å²) in [4.78, 5) is 25.2. The molecule has 5 nitrogen and oxygen atoms in total. The van der Waals surface area contributed by atoms with Gasteiger partial charge in [0.2, 0.25) is 0 Å². The van der Waals surface area contributed by atoms with Gasteiger partial charge in [-0.1, -0.05) is 44.2 Å². The van der Waals surface area contributed by atoms with Crippen LogP contribution in [0.5, 0.6) is 0 Å². The molecule has 1 aromatic heterocycles. The third-order valence-electron chi connectivity index (χ3n) is 5.64. The van der Waals surface area contributed by atoms with Crippen molar-refractivity contribution < 1.29 is 18.7 Å². The van der Waals surface area contributed by atoms with Crippen molar-refractivity contribution in [1.82, 2.24) is 5.32 Å². The number of hydrogen-bond donors (Lipinski definition) is 1. The Morgan fingerprint density at radius 3 is 2.46 bits per heavy atom. The number of ether oxygens (including phenoxy) is 1. The molecule has 1 aromatic carbocycles. The summed E-state index contributed by atoms with van der Waals surface area (Å²) in [5.74, 6) is 0.419. The second kappa shape index (κ2) is 9.20. The number of furan rings is 1. The Kier molecular flexibility index (Phi) is 6.68. The van der Waals surface area contributed by atoms with E-state index >= 15 is 0 Å². The summed E-state index contributed by atoms with van der Waals surface area (Å²) in [6.07, 6.45) is 4.30. The molecule has 0 bridgehead atoms. The maximum absolute atomic E-state index is 13.0. The number of ketones is 1. The average molecular weight is 383 g/mol. The van der Waals surface area contributed by atoms with Gasteiger partial charge in [-0.25, -0.2) is 0 Å². The summed E-state index contributed by atoms with van der Waals surface area (Å²) in [5, 5.41) is 3.13. The fourth-order valence-corrected chi connectivity index (χ4v) is 3.81. The van der Waals surface area contributed by atoms with E-state index in [1.54, 1.807) is 20.1 Å². The van der Waals surface area contributed by atoms with Gasteiger partial charge in [-0.2, -0.15) is 0 Å². The zero-order chi connectivity index (χ0) is 20.1. The smallest absolute Gasteiger partial charge is 0.255 e. The van der Waals surface area contributed by atoms with Gasteiger partial charge in [0.1, 0.15) is 5.76 Å². The first-order valence-corrected chi connectivity index (χ1v) is 10.1. The van der Waals surface area contributed by atoms with Gasteiger partial charge >= 0.3 is 0 Å². The van der Waals surface area contributed by atoms with Crippen LogP contribution in [0, 0.1) is 0 Å². The van der Waals surface area contributed by atoms with Crippen molar-refractivity contribution >= 4 is 11.7 Å². The van der Waals surface area contributed by atoms with E-state index in [2.05, 4.69) is 5.32 Å². The van der Waals surface area contributed by atoms with Crippen LogP contribution >= 0.6 is 0 Å². The molecule has 0 saturated heterocycles. The van der Waals surface area contributed by atoms with Crippen LogP contribution in [0.2, 0.25) is 0 Å². The lowest BCUT2D eigenvalue weighted by Crippen LogP contribution is -2.39. The second-order valence-electron chi connectivity index (χ2n) is 7.48. The molecular formula is C23H29NO4. The van der Waals surface area contributed by atoms with Crippen LogP contribution in [0.1, 0.15) is 84.1 Å². The van der Waals surface area contributed by atoms with Crippen LogP contribution in [-0.2, 0) is 4.74 Å². The molecule has 5 heteroatoms. The zero-order valence-corrected chi connectivity index (χ0v) is 16.9. The Balaban J connectivity index is 1.83. The van der Waals surface area contributed by atoms with E-state index in [1.807, 2.05) is 37.3 Å². The van der Waals surface area contributed by atoms with E-state index in [9.17, 15) is 9.59 Å². The fourth-order valence-electron chi connectivity index (χ4n) is 3.81. The van der Waals surface area contributed by atoms with Crippen molar-refractivity contribution in [2.24, 2.45) is 0 Å². The molecule has 0 spiro atoms. The van der Waals surface area contributed by atoms with E-state index in [0.29, 0.717) is 17.7 Å². The van der Waals surface area contributed by atoms with E-state index in [1.165, 1.54) is 0 Å². The SMILES string of the molecule is CCC(=O)c1cc(C(=O)NC2CCC(OC)CC2)c(C(C)c2ccccc2)o1. The van der Waals surface area contributed by atoms with Crippen LogP contribution in [0.15, 0.2) is 40.8 Å². The quantitative estimate of drug-likeness (QED) is 0.703. The summed E-state index contributed by atoms with van der Waals surface area (Å²) in [5.41, 5.74) is 1.50. The first-order chi connectivity index (χ1) is 13.5. The van der Waals surface area contributed by atoms with E-state index in [4.69, 9.17) is 9.15 Å². The fraction of sp³-hybridized carbons (Fsp3) is 0.478. The zero-order valence-electron chi connectivity index (χ0n) is 16.9. The highest BCUT2D eigenvalue weighted by Gasteiger charge is 2.28. The molecule has 3 rings (SSSR count). The number of amides is 1. The Labute approximate surface area is 166 Å². The maximum Gasteiger partial charge on any atom is 0.255 e. The van der Waals surface area contributed by atoms with Gasteiger partial charge in [0.15, 0.2) is 11.5 Å². The lowest BCUT2D eigenvalue weighted by atomic mass is 9.92. The molecule has 0 radical (unpaired) electrons. The van der Waals surface area contributed by atoms with Gasteiger partial charge in [0.25, 0.3) is 5.91 Å². The monoisotopic (exact) mass is 383 g/mol. The summed E-state index contributed by atoms with van der Waals surface area (Å²) in [6.45, 7) is 3.79. The topological polar surface area (TPSA) is 68.5 Å². The van der Waals surface area contributed by atoms with Crippen LogP contribution in [-0.4, -0.2) is 30.9 Å². The van der Waals surface area contributed by atoms with Crippen molar-refractivity contribution in [1.29, 1.82) is 0 Å². The van der Waals surface area contributed by atoms with Crippen LogP contribution < -0.4 is 5.32 Å². The highest BCUT2D eigenvalue weighted by Crippen LogP contribution is 2.30. The molecule has 0 aliphatic heterocycles. The molecule has 1 N–H and O–H groups in total. The number of rotatable bonds is 7. The van der Waals surface area contributed by atoms with Gasteiger partial charge < -0.3 is 14.5 Å². The van der Waals surface area contributed by atoms with Crippen LogP contribution in [0.4, 0.5) is 0 Å². The van der Waals surface area contributed by atoms with Crippen molar-refractivity contribution in [3.63, 3.8) is 0 Å². The second-order valence-corrected chi connectivity index (χ2v) is 7.48. The minimum atomic E-state index is -0.169. The van der Waals surface area contributed by atoms with Gasteiger partial charge in [-0.15, -0.1) is 0 Å². The predicted molar refractivity (Wildman–Crippen MR) is 108 cm³/mol. The van der Waals surface area contributed by atoms with E-state index < -0.39 is 0 Å². The average Bonchev–Trinajstić information content (AvgIpc) is 3.19. The molecule has 1 aliphatic carbocycles. The van der Waals surface area contributed by atoms with Gasteiger partial charge in [-0.05, 0) is 31.2 Å². The van der Waals surface area contributed by atoms with Crippen LogP contribution in [0.3, 0.4) is 0 Å². The van der Waals surface area contributed by atoms with Crippen molar-refractivity contribution in [2.45, 2.75) is 64.0 Å². The molecular weight excluding hydrogens is 354 g/mol. The van der Waals surface area contributed by atoms with Crippen LogP contribution in [0.25, 0.3) is 0 Å². The summed E-state index contributed by atoms with van der Waals surface area (Å²) in [7, 11) is 1.73. The first-order valence-electron chi connectivity index (χ1n) is 10.1. The molecule has 2 aromatic rings. The normalized spacial score (nSPS) is 20.5. The number of nitrogens with one attached hydrogen (secondary N) is 1. The number of methoxy groups -OCH3 is 1. The molecule has 1 atom stereocenters. The molecule has 1 aliphatic rings. The predicted octanol–water partition coefficient (Wildman–Crippen LogP) is 4.71. The molecule has 1 saturated carbocycles. The summed E-state index contributed by atoms with van der Waals surface area (Å²) in [6, 6.07) is 11.6.